The minimum Gasteiger partial charge on any atom is -0.493 e. The smallest absolute Gasteiger partial charge is 0.389 e. The van der Waals surface area contributed by atoms with E-state index in [-0.39, 0.29) is 24.9 Å². The zero-order chi connectivity index (χ0) is 25.2. The molecule has 0 saturated carbocycles. The van der Waals surface area contributed by atoms with Gasteiger partial charge in [-0.15, -0.1) is 0 Å². The van der Waals surface area contributed by atoms with Gasteiger partial charge in [-0.1, -0.05) is 0 Å². The lowest BCUT2D eigenvalue weighted by Crippen LogP contribution is -2.46. The zero-order valence-corrected chi connectivity index (χ0v) is 19.2. The Kier molecular flexibility index (Phi) is 7.20. The highest BCUT2D eigenvalue weighted by molar-refractivity contribution is 5.95. The van der Waals surface area contributed by atoms with E-state index in [1.54, 1.807) is 24.4 Å². The lowest BCUT2D eigenvalue weighted by Gasteiger charge is -2.32. The topological polar surface area (TPSA) is 89.4 Å². The first-order valence-electron chi connectivity index (χ1n) is 11.4. The second kappa shape index (κ2) is 10.2. The summed E-state index contributed by atoms with van der Waals surface area (Å²) in [6, 6.07) is 6.76. The molecule has 188 valence electrons. The fourth-order valence-corrected chi connectivity index (χ4v) is 4.62. The summed E-state index contributed by atoms with van der Waals surface area (Å²) in [6.45, 7) is 0.201. The van der Waals surface area contributed by atoms with E-state index < -0.39 is 24.5 Å². The van der Waals surface area contributed by atoms with Gasteiger partial charge in [-0.25, -0.2) is 4.39 Å². The molecule has 2 aromatic carbocycles. The van der Waals surface area contributed by atoms with Crippen LogP contribution >= 0.6 is 0 Å². The van der Waals surface area contributed by atoms with Gasteiger partial charge < -0.3 is 25.5 Å². The maximum atomic E-state index is 13.7. The number of nitrogens with one attached hydrogen (secondary N) is 2. The number of carbonyl (C=O) groups excluding carboxylic acids is 1. The molecule has 35 heavy (non-hydrogen) atoms. The number of aromatic amines is 1. The molecule has 4 rings (SSSR count). The van der Waals surface area contributed by atoms with Crippen molar-refractivity contribution in [3.05, 3.63) is 59.0 Å². The minimum atomic E-state index is -4.29. The van der Waals surface area contributed by atoms with E-state index in [2.05, 4.69) is 10.3 Å². The highest BCUT2D eigenvalue weighted by atomic mass is 19.4. The fraction of sp³-hybridized carbons (Fsp3) is 0.400. The Morgan fingerprint density at radius 3 is 2.80 bits per heavy atom. The number of primary amides is 1. The van der Waals surface area contributed by atoms with Crippen molar-refractivity contribution in [1.29, 1.82) is 0 Å². The van der Waals surface area contributed by atoms with Crippen molar-refractivity contribution in [1.82, 2.24) is 10.3 Å². The third-order valence-electron chi connectivity index (χ3n) is 6.33. The number of halogens is 4. The Morgan fingerprint density at radius 1 is 1.29 bits per heavy atom. The molecule has 2 unspecified atom stereocenters. The van der Waals surface area contributed by atoms with E-state index >= 15 is 0 Å². The number of nitrogens with two attached hydrogens (primary N) is 1. The van der Waals surface area contributed by atoms with Crippen molar-refractivity contribution in [2.45, 2.75) is 50.4 Å². The average Bonchev–Trinajstić information content (AvgIpc) is 3.21. The molecule has 0 spiro atoms. The molecule has 0 saturated heterocycles. The van der Waals surface area contributed by atoms with Crippen molar-refractivity contribution >= 4 is 16.8 Å². The Morgan fingerprint density at radius 2 is 2.09 bits per heavy atom. The van der Waals surface area contributed by atoms with Gasteiger partial charge in [0.25, 0.3) is 0 Å². The van der Waals surface area contributed by atoms with E-state index in [1.807, 2.05) is 0 Å². The normalized spacial score (nSPS) is 16.5. The van der Waals surface area contributed by atoms with Gasteiger partial charge in [-0.05, 0) is 61.6 Å². The number of aryl methyl sites for hydroxylation is 1. The molecular weight excluding hydrogens is 466 g/mol. The molecule has 0 bridgehead atoms. The second-order valence-corrected chi connectivity index (χ2v) is 8.76. The molecule has 2 atom stereocenters. The zero-order valence-electron chi connectivity index (χ0n) is 19.2. The number of hydrogen-bond acceptors (Lipinski definition) is 4. The molecule has 10 heteroatoms. The van der Waals surface area contributed by atoms with Crippen molar-refractivity contribution in [3.63, 3.8) is 0 Å². The summed E-state index contributed by atoms with van der Waals surface area (Å²) in [5.74, 6) is -0.102. The predicted molar refractivity (Wildman–Crippen MR) is 123 cm³/mol. The third-order valence-corrected chi connectivity index (χ3v) is 6.33. The van der Waals surface area contributed by atoms with E-state index in [0.717, 1.165) is 11.1 Å². The fourth-order valence-electron chi connectivity index (χ4n) is 4.62. The number of rotatable bonds is 9. The molecule has 1 aliphatic rings. The van der Waals surface area contributed by atoms with Crippen LogP contribution in [0.2, 0.25) is 0 Å². The number of fused-ring (bicyclic) bond motifs is 2. The quantitative estimate of drug-likeness (QED) is 0.379. The van der Waals surface area contributed by atoms with Crippen LogP contribution in [0, 0.1) is 5.82 Å². The van der Waals surface area contributed by atoms with Crippen molar-refractivity contribution in [3.8, 4) is 11.5 Å². The summed E-state index contributed by atoms with van der Waals surface area (Å²) in [6.07, 6.45) is -2.36. The number of carbonyl (C=O) groups is 1. The number of ether oxygens (including phenoxy) is 2. The standard InChI is InChI=1S/C25H27F4N3O3/c1-34-22-7-5-18(24(30)33)20-11-17(13-35-23(20)22)32-16(8-9-25(27,28)29)4-2-14-12-31-21-6-3-15(26)10-19(14)21/h3,5-7,10,12,16-17,31-32H,2,4,8-9,11,13H2,1H3,(H2,30,33). The Bertz CT molecular complexity index is 1210. The van der Waals surface area contributed by atoms with Gasteiger partial charge in [-0.2, -0.15) is 13.2 Å². The van der Waals surface area contributed by atoms with Crippen LogP contribution in [-0.2, 0) is 12.8 Å². The van der Waals surface area contributed by atoms with Gasteiger partial charge in [0.1, 0.15) is 12.4 Å². The summed E-state index contributed by atoms with van der Waals surface area (Å²) in [5, 5.41) is 4.01. The average molecular weight is 494 g/mol. The Balaban J connectivity index is 1.51. The van der Waals surface area contributed by atoms with Crippen LogP contribution in [0.4, 0.5) is 17.6 Å². The third kappa shape index (κ3) is 5.87. The van der Waals surface area contributed by atoms with Crippen LogP contribution in [0.15, 0.2) is 36.5 Å². The van der Waals surface area contributed by atoms with Crippen molar-refractivity contribution in [2.75, 3.05) is 13.7 Å². The van der Waals surface area contributed by atoms with Crippen LogP contribution < -0.4 is 20.5 Å². The van der Waals surface area contributed by atoms with Crippen LogP contribution in [0.3, 0.4) is 0 Å². The molecular formula is C25H27F4N3O3. The molecule has 0 radical (unpaired) electrons. The number of methoxy groups -OCH3 is 1. The van der Waals surface area contributed by atoms with Crippen LogP contribution in [0.5, 0.6) is 11.5 Å². The van der Waals surface area contributed by atoms with E-state index in [4.69, 9.17) is 15.2 Å². The number of alkyl halides is 3. The van der Waals surface area contributed by atoms with Crippen LogP contribution in [0.1, 0.15) is 40.7 Å². The monoisotopic (exact) mass is 493 g/mol. The highest BCUT2D eigenvalue weighted by Gasteiger charge is 2.31. The summed E-state index contributed by atoms with van der Waals surface area (Å²) in [4.78, 5) is 15.0. The van der Waals surface area contributed by atoms with Gasteiger partial charge in [0.05, 0.1) is 7.11 Å². The lowest BCUT2D eigenvalue weighted by molar-refractivity contribution is -0.136. The molecule has 6 nitrogen and oxygen atoms in total. The molecule has 0 fully saturated rings. The lowest BCUT2D eigenvalue weighted by atomic mass is 9.94. The summed E-state index contributed by atoms with van der Waals surface area (Å²) < 4.78 is 63.9. The molecule has 1 amide bonds. The van der Waals surface area contributed by atoms with Gasteiger partial charge in [0.15, 0.2) is 11.5 Å². The van der Waals surface area contributed by atoms with Gasteiger partial charge in [0, 0.05) is 46.7 Å². The van der Waals surface area contributed by atoms with Crippen LogP contribution in [-0.4, -0.2) is 42.9 Å². The molecule has 2 heterocycles. The summed E-state index contributed by atoms with van der Waals surface area (Å²) >= 11 is 0. The number of aromatic nitrogens is 1. The first kappa shape index (κ1) is 24.8. The first-order valence-corrected chi connectivity index (χ1v) is 11.4. The number of benzene rings is 2. The second-order valence-electron chi connectivity index (χ2n) is 8.76. The van der Waals surface area contributed by atoms with Crippen molar-refractivity contribution < 1.29 is 31.8 Å². The molecule has 1 aromatic heterocycles. The van der Waals surface area contributed by atoms with E-state index in [9.17, 15) is 22.4 Å². The SMILES string of the molecule is COc1ccc(C(N)=O)c2c1OCC(NC(CCc1c[nH]c3ccc(F)cc13)CCC(F)(F)F)C2. The first-order chi connectivity index (χ1) is 16.6. The molecule has 0 aliphatic carbocycles. The molecule has 3 aromatic rings. The Hall–Kier alpha value is -3.27. The summed E-state index contributed by atoms with van der Waals surface area (Å²) in [5.41, 5.74) is 7.99. The van der Waals surface area contributed by atoms with Gasteiger partial charge >= 0.3 is 6.18 Å². The van der Waals surface area contributed by atoms with E-state index in [0.29, 0.717) is 47.3 Å². The Labute approximate surface area is 199 Å². The molecule has 4 N–H and O–H groups in total. The van der Waals surface area contributed by atoms with Gasteiger partial charge in [-0.3, -0.25) is 4.79 Å². The minimum absolute atomic E-state index is 0.121. The summed E-state index contributed by atoms with van der Waals surface area (Å²) in [7, 11) is 1.48. The largest absolute Gasteiger partial charge is 0.493 e. The predicted octanol–water partition coefficient (Wildman–Crippen LogP) is 4.65. The number of H-pyrrole nitrogens is 1. The highest BCUT2D eigenvalue weighted by Crippen LogP contribution is 2.37. The molecule has 1 aliphatic heterocycles. The van der Waals surface area contributed by atoms with Crippen LogP contribution in [0.25, 0.3) is 10.9 Å². The maximum Gasteiger partial charge on any atom is 0.389 e. The number of amides is 1. The number of hydrogen-bond donors (Lipinski definition) is 3. The van der Waals surface area contributed by atoms with Crippen molar-refractivity contribution in [2.24, 2.45) is 5.73 Å². The van der Waals surface area contributed by atoms with Gasteiger partial charge in [0.2, 0.25) is 5.91 Å². The van der Waals surface area contributed by atoms with E-state index in [1.165, 1.54) is 19.2 Å². The maximum absolute atomic E-state index is 13.7.